The Morgan fingerprint density at radius 2 is 1.94 bits per heavy atom. The van der Waals surface area contributed by atoms with E-state index in [2.05, 4.69) is 4.98 Å². The van der Waals surface area contributed by atoms with Crippen molar-refractivity contribution in [2.75, 3.05) is 6.26 Å². The molecule has 5 rings (SSSR count). The summed E-state index contributed by atoms with van der Waals surface area (Å²) in [6.45, 7) is 2.14. The zero-order valence-electron chi connectivity index (χ0n) is 17.5. The van der Waals surface area contributed by atoms with Gasteiger partial charge < -0.3 is 9.32 Å². The van der Waals surface area contributed by atoms with E-state index in [1.807, 2.05) is 49.6 Å². The minimum absolute atomic E-state index is 0.0899. The largest absolute Gasteiger partial charge is 0.450 e. The number of thioether (sulfide) groups is 1. The van der Waals surface area contributed by atoms with Gasteiger partial charge in [-0.3, -0.25) is 14.6 Å². The molecule has 2 aromatic heterocycles. The van der Waals surface area contributed by atoms with Gasteiger partial charge in [-0.15, -0.1) is 11.8 Å². The Balaban J connectivity index is 1.73. The lowest BCUT2D eigenvalue weighted by atomic mass is 9.98. The van der Waals surface area contributed by atoms with E-state index in [9.17, 15) is 9.59 Å². The van der Waals surface area contributed by atoms with Crippen molar-refractivity contribution < 1.29 is 9.21 Å². The van der Waals surface area contributed by atoms with Crippen LogP contribution in [0.2, 0.25) is 5.02 Å². The van der Waals surface area contributed by atoms with E-state index in [-0.39, 0.29) is 17.1 Å². The van der Waals surface area contributed by atoms with E-state index in [1.165, 1.54) is 0 Å². The van der Waals surface area contributed by atoms with Gasteiger partial charge in [0.1, 0.15) is 5.58 Å². The number of aryl methyl sites for hydroxylation is 1. The molecule has 1 aliphatic rings. The average Bonchev–Trinajstić information content (AvgIpc) is 3.08. The number of pyridine rings is 1. The lowest BCUT2D eigenvalue weighted by Gasteiger charge is -2.25. The monoisotopic (exact) mass is 462 g/mol. The summed E-state index contributed by atoms with van der Waals surface area (Å²) in [5.74, 6) is -0.221. The molecule has 0 saturated carbocycles. The van der Waals surface area contributed by atoms with Gasteiger partial charge in [-0.1, -0.05) is 29.8 Å². The third kappa shape index (κ3) is 3.40. The molecule has 0 saturated heterocycles. The van der Waals surface area contributed by atoms with Crippen molar-refractivity contribution in [2.24, 2.45) is 0 Å². The second kappa shape index (κ2) is 8.11. The Morgan fingerprint density at radius 1 is 1.16 bits per heavy atom. The number of nitrogens with zero attached hydrogens (tertiary/aromatic N) is 2. The minimum atomic E-state index is -0.561. The maximum Gasteiger partial charge on any atom is 0.291 e. The van der Waals surface area contributed by atoms with E-state index < -0.39 is 6.04 Å². The quantitative estimate of drug-likeness (QED) is 0.368. The Bertz CT molecular complexity index is 1400. The first-order valence-electron chi connectivity index (χ1n) is 10.1. The van der Waals surface area contributed by atoms with Gasteiger partial charge >= 0.3 is 0 Å². The predicted molar refractivity (Wildman–Crippen MR) is 126 cm³/mol. The predicted octanol–water partition coefficient (Wildman–Crippen LogP) is 5.62. The number of benzene rings is 2. The highest BCUT2D eigenvalue weighted by atomic mass is 35.5. The number of halogens is 1. The van der Waals surface area contributed by atoms with Crippen LogP contribution in [0.15, 0.2) is 75.0 Å². The summed E-state index contributed by atoms with van der Waals surface area (Å²) in [7, 11) is 0. The number of hydrogen-bond acceptors (Lipinski definition) is 5. The van der Waals surface area contributed by atoms with Crippen molar-refractivity contribution in [3.8, 4) is 0 Å². The molecule has 0 unspecified atom stereocenters. The van der Waals surface area contributed by atoms with E-state index in [0.717, 1.165) is 21.6 Å². The minimum Gasteiger partial charge on any atom is -0.450 e. The Labute approximate surface area is 194 Å². The smallest absolute Gasteiger partial charge is 0.291 e. The van der Waals surface area contributed by atoms with Gasteiger partial charge in [0.05, 0.1) is 17.0 Å². The summed E-state index contributed by atoms with van der Waals surface area (Å²) in [6.07, 6.45) is 5.41. The van der Waals surface area contributed by atoms with Crippen molar-refractivity contribution in [1.82, 2.24) is 9.88 Å². The molecule has 1 atom stereocenters. The highest BCUT2D eigenvalue weighted by Gasteiger charge is 2.42. The number of carbonyl (C=O) groups excluding carboxylic acids is 1. The third-order valence-corrected chi connectivity index (χ3v) is 6.90. The van der Waals surface area contributed by atoms with Gasteiger partial charge in [0.15, 0.2) is 5.43 Å². The second-order valence-corrected chi connectivity index (χ2v) is 9.03. The molecule has 160 valence electrons. The SMILES string of the molecule is CSc1ccc([C@H]2c3c(oc4cc(C)c(Cl)cc4c3=O)C(=O)N2Cc2cccnc2)cc1. The van der Waals surface area contributed by atoms with E-state index in [1.54, 1.807) is 41.2 Å². The molecule has 5 nitrogen and oxygen atoms in total. The normalized spacial score (nSPS) is 15.4. The number of rotatable bonds is 4. The molecule has 0 spiro atoms. The molecule has 0 radical (unpaired) electrons. The highest BCUT2D eigenvalue weighted by molar-refractivity contribution is 7.98. The van der Waals surface area contributed by atoms with Crippen LogP contribution >= 0.6 is 23.4 Å². The molecular weight excluding hydrogens is 444 g/mol. The molecule has 4 aromatic rings. The van der Waals surface area contributed by atoms with E-state index in [4.69, 9.17) is 16.0 Å². The lowest BCUT2D eigenvalue weighted by Crippen LogP contribution is -2.29. The number of carbonyl (C=O) groups is 1. The molecular formula is C25H19ClN2O3S. The van der Waals surface area contributed by atoms with Crippen LogP contribution in [0.25, 0.3) is 11.0 Å². The van der Waals surface area contributed by atoms with Crippen LogP contribution in [0.4, 0.5) is 0 Å². The first-order valence-corrected chi connectivity index (χ1v) is 11.7. The summed E-state index contributed by atoms with van der Waals surface area (Å²) in [6, 6.07) is 14.4. The van der Waals surface area contributed by atoms with Gasteiger partial charge in [0.2, 0.25) is 5.76 Å². The van der Waals surface area contributed by atoms with Crippen LogP contribution in [-0.2, 0) is 6.54 Å². The van der Waals surface area contributed by atoms with Crippen LogP contribution in [-0.4, -0.2) is 22.0 Å². The topological polar surface area (TPSA) is 63.4 Å². The van der Waals surface area contributed by atoms with Crippen molar-refractivity contribution in [2.45, 2.75) is 24.4 Å². The van der Waals surface area contributed by atoms with Gasteiger partial charge in [0, 0.05) is 28.9 Å². The number of aromatic nitrogens is 1. The summed E-state index contributed by atoms with van der Waals surface area (Å²) >= 11 is 7.93. The van der Waals surface area contributed by atoms with Crippen molar-refractivity contribution in [1.29, 1.82) is 0 Å². The highest BCUT2D eigenvalue weighted by Crippen LogP contribution is 2.40. The zero-order chi connectivity index (χ0) is 22.4. The zero-order valence-corrected chi connectivity index (χ0v) is 19.0. The number of hydrogen-bond donors (Lipinski definition) is 0. The molecule has 0 bridgehead atoms. The van der Waals surface area contributed by atoms with Crippen LogP contribution in [0.3, 0.4) is 0 Å². The first-order chi connectivity index (χ1) is 15.5. The summed E-state index contributed by atoms with van der Waals surface area (Å²) < 4.78 is 6.03. The molecule has 32 heavy (non-hydrogen) atoms. The molecule has 1 amide bonds. The molecule has 3 heterocycles. The average molecular weight is 463 g/mol. The lowest BCUT2D eigenvalue weighted by molar-refractivity contribution is 0.0714. The Hall–Kier alpha value is -3.09. The number of fused-ring (bicyclic) bond motifs is 2. The Morgan fingerprint density at radius 3 is 2.62 bits per heavy atom. The summed E-state index contributed by atoms with van der Waals surface area (Å²) in [5.41, 5.74) is 2.99. The molecule has 7 heteroatoms. The van der Waals surface area contributed by atoms with Crippen molar-refractivity contribution in [3.05, 3.63) is 104 Å². The standard InChI is InChI=1S/C25H19ClN2O3S/c1-14-10-20-18(11-19(14)26)23(29)21-22(16-5-7-17(32-2)8-6-16)28(25(30)24(21)31-20)13-15-4-3-9-27-12-15/h3-12,22H,13H2,1-2H3/t22-/m0/s1. The fourth-order valence-corrected chi connectivity index (χ4v) is 4.70. The van der Waals surface area contributed by atoms with Crippen LogP contribution in [0.1, 0.15) is 38.9 Å². The van der Waals surface area contributed by atoms with Crippen LogP contribution < -0.4 is 5.43 Å². The molecule has 2 aromatic carbocycles. The second-order valence-electron chi connectivity index (χ2n) is 7.74. The molecule has 1 aliphatic heterocycles. The van der Waals surface area contributed by atoms with Gasteiger partial charge in [-0.05, 0) is 60.2 Å². The maximum atomic E-state index is 13.6. The van der Waals surface area contributed by atoms with Gasteiger partial charge in [-0.25, -0.2) is 0 Å². The molecule has 0 aliphatic carbocycles. The van der Waals surface area contributed by atoms with E-state index in [0.29, 0.717) is 28.1 Å². The summed E-state index contributed by atoms with van der Waals surface area (Å²) in [5, 5.41) is 0.864. The van der Waals surface area contributed by atoms with E-state index >= 15 is 0 Å². The Kier molecular flexibility index (Phi) is 5.27. The summed E-state index contributed by atoms with van der Waals surface area (Å²) in [4.78, 5) is 34.1. The van der Waals surface area contributed by atoms with Gasteiger partial charge in [0.25, 0.3) is 5.91 Å². The fourth-order valence-electron chi connectivity index (χ4n) is 4.13. The van der Waals surface area contributed by atoms with Crippen LogP contribution in [0, 0.1) is 6.92 Å². The van der Waals surface area contributed by atoms with Gasteiger partial charge in [-0.2, -0.15) is 0 Å². The van der Waals surface area contributed by atoms with Crippen LogP contribution in [0.5, 0.6) is 0 Å². The maximum absolute atomic E-state index is 13.6. The third-order valence-electron chi connectivity index (χ3n) is 5.75. The number of amides is 1. The van der Waals surface area contributed by atoms with Crippen molar-refractivity contribution >= 4 is 40.2 Å². The molecule has 0 N–H and O–H groups in total. The molecule has 0 fully saturated rings. The first kappa shape index (κ1) is 20.8. The fraction of sp³-hybridized carbons (Fsp3) is 0.160. The van der Waals surface area contributed by atoms with Crippen molar-refractivity contribution in [3.63, 3.8) is 0 Å².